The maximum absolute atomic E-state index is 12.9. The summed E-state index contributed by atoms with van der Waals surface area (Å²) in [5.74, 6) is -0.908. The van der Waals surface area contributed by atoms with Gasteiger partial charge in [0.05, 0.1) is 0 Å². The van der Waals surface area contributed by atoms with E-state index in [9.17, 15) is 19.5 Å². The van der Waals surface area contributed by atoms with Gasteiger partial charge in [0.15, 0.2) is 5.78 Å². The van der Waals surface area contributed by atoms with Crippen molar-refractivity contribution in [3.63, 3.8) is 0 Å². The lowest BCUT2D eigenvalue weighted by Crippen LogP contribution is -2.16. The predicted molar refractivity (Wildman–Crippen MR) is 135 cm³/mol. The van der Waals surface area contributed by atoms with Crippen LogP contribution in [0.1, 0.15) is 91.8 Å². The summed E-state index contributed by atoms with van der Waals surface area (Å²) in [6.07, 6.45) is 10.4. The number of ketones is 1. The molecule has 1 amide bonds. The first kappa shape index (κ1) is 27.1. The van der Waals surface area contributed by atoms with Gasteiger partial charge in [0.25, 0.3) is 0 Å². The lowest BCUT2D eigenvalue weighted by atomic mass is 9.99. The third-order valence-corrected chi connectivity index (χ3v) is 6.39. The number of hydrogen-bond acceptors (Lipinski definition) is 6. The third kappa shape index (κ3) is 8.33. The highest BCUT2D eigenvalue weighted by Gasteiger charge is 2.22. The first-order valence-corrected chi connectivity index (χ1v) is 12.4. The van der Waals surface area contributed by atoms with E-state index >= 15 is 0 Å². The standard InChI is InChI=1S/C26H33NO6S/c1-4-5-6-7-11-19-14-20(34-16-19)13-18(3)24(29)23-21(28)15-22(33-25(23)30)17(2)10-8-9-12-27-26(31)32/h9,12-17,27-28H,4-8,10-11H2,1-3H3,(H,31,32)/b12-9+,18-13+. The van der Waals surface area contributed by atoms with Crippen molar-refractivity contribution in [3.05, 3.63) is 67.5 Å². The van der Waals surface area contributed by atoms with Gasteiger partial charge in [0.2, 0.25) is 0 Å². The van der Waals surface area contributed by atoms with Crippen LogP contribution in [0.4, 0.5) is 4.79 Å². The van der Waals surface area contributed by atoms with Gasteiger partial charge in [0, 0.05) is 23.1 Å². The Labute approximate surface area is 203 Å². The molecule has 1 unspecified atom stereocenters. The van der Waals surface area contributed by atoms with E-state index in [0.29, 0.717) is 18.4 Å². The molecule has 0 bridgehead atoms. The number of Topliss-reactive ketones (excluding diaryl/α,β-unsaturated/α-hetero) is 1. The van der Waals surface area contributed by atoms with Crippen LogP contribution < -0.4 is 10.9 Å². The van der Waals surface area contributed by atoms with Crippen LogP contribution in [0.3, 0.4) is 0 Å². The predicted octanol–water partition coefficient (Wildman–Crippen LogP) is 6.48. The summed E-state index contributed by atoms with van der Waals surface area (Å²) in [5, 5.41) is 23.2. The van der Waals surface area contributed by atoms with E-state index < -0.39 is 23.3 Å². The minimum absolute atomic E-state index is 0.212. The quantitative estimate of drug-likeness (QED) is 0.169. The molecule has 7 nitrogen and oxygen atoms in total. The van der Waals surface area contributed by atoms with Crippen molar-refractivity contribution in [2.45, 2.75) is 71.6 Å². The average Bonchev–Trinajstić information content (AvgIpc) is 3.22. The van der Waals surface area contributed by atoms with Gasteiger partial charge in [-0.05, 0) is 61.3 Å². The van der Waals surface area contributed by atoms with Crippen molar-refractivity contribution in [1.82, 2.24) is 5.32 Å². The minimum Gasteiger partial charge on any atom is -0.507 e. The fourth-order valence-corrected chi connectivity index (χ4v) is 4.42. The van der Waals surface area contributed by atoms with Crippen molar-refractivity contribution in [2.24, 2.45) is 0 Å². The zero-order valence-corrected chi connectivity index (χ0v) is 20.7. The van der Waals surface area contributed by atoms with E-state index in [1.807, 2.05) is 6.92 Å². The van der Waals surface area contributed by atoms with Crippen molar-refractivity contribution in [2.75, 3.05) is 0 Å². The molecule has 2 heterocycles. The van der Waals surface area contributed by atoms with E-state index in [-0.39, 0.29) is 17.2 Å². The highest BCUT2D eigenvalue weighted by Crippen LogP contribution is 2.27. The number of aryl methyl sites for hydroxylation is 1. The topological polar surface area (TPSA) is 117 Å². The molecule has 2 aromatic heterocycles. The highest BCUT2D eigenvalue weighted by molar-refractivity contribution is 7.11. The molecule has 1 atom stereocenters. The number of carbonyl (C=O) groups is 2. The van der Waals surface area contributed by atoms with Gasteiger partial charge in [-0.15, -0.1) is 11.3 Å². The van der Waals surface area contributed by atoms with Crippen molar-refractivity contribution < 1.29 is 24.2 Å². The van der Waals surface area contributed by atoms with Crippen LogP contribution in [-0.2, 0) is 6.42 Å². The Morgan fingerprint density at radius 2 is 2.00 bits per heavy atom. The molecule has 0 aliphatic carbocycles. The van der Waals surface area contributed by atoms with Crippen LogP contribution in [0, 0.1) is 0 Å². The molecule has 34 heavy (non-hydrogen) atoms. The monoisotopic (exact) mass is 487 g/mol. The summed E-state index contributed by atoms with van der Waals surface area (Å²) in [6, 6.07) is 3.37. The summed E-state index contributed by atoms with van der Waals surface area (Å²) in [7, 11) is 0. The molecule has 0 spiro atoms. The summed E-state index contributed by atoms with van der Waals surface area (Å²) in [6.45, 7) is 5.62. The van der Waals surface area contributed by atoms with Crippen LogP contribution in [-0.4, -0.2) is 22.1 Å². The Balaban J connectivity index is 2.06. The molecule has 0 saturated heterocycles. The van der Waals surface area contributed by atoms with Crippen molar-refractivity contribution in [1.29, 1.82) is 0 Å². The largest absolute Gasteiger partial charge is 0.507 e. The summed E-state index contributed by atoms with van der Waals surface area (Å²) in [5.41, 5.74) is 0.345. The third-order valence-electron chi connectivity index (χ3n) is 5.46. The van der Waals surface area contributed by atoms with E-state index in [1.54, 1.807) is 30.4 Å². The summed E-state index contributed by atoms with van der Waals surface area (Å²) < 4.78 is 5.34. The molecular formula is C26H33NO6S. The normalized spacial score (nSPS) is 12.7. The van der Waals surface area contributed by atoms with Gasteiger partial charge in [-0.2, -0.15) is 0 Å². The lowest BCUT2D eigenvalue weighted by molar-refractivity contribution is 0.102. The maximum Gasteiger partial charge on any atom is 0.408 e. The van der Waals surface area contributed by atoms with Crippen molar-refractivity contribution >= 4 is 29.3 Å². The van der Waals surface area contributed by atoms with Gasteiger partial charge >= 0.3 is 11.7 Å². The SMILES string of the molecule is CCCCCCc1csc(/C=C(\C)C(=O)c2c(O)cc(C(C)CC/C=C/NC(=O)O)oc2=O)c1. The molecule has 0 aliphatic rings. The molecule has 0 fully saturated rings. The smallest absolute Gasteiger partial charge is 0.408 e. The second-order valence-corrected chi connectivity index (χ2v) is 9.29. The number of thiophene rings is 1. The minimum atomic E-state index is -1.15. The first-order valence-electron chi connectivity index (χ1n) is 11.5. The van der Waals surface area contributed by atoms with Crippen LogP contribution in [0.2, 0.25) is 0 Å². The van der Waals surface area contributed by atoms with Crippen LogP contribution in [0.25, 0.3) is 6.08 Å². The fourth-order valence-electron chi connectivity index (χ4n) is 3.49. The fraction of sp³-hybridized carbons (Fsp3) is 0.423. The Kier molecular flexibility index (Phi) is 10.8. The molecule has 0 radical (unpaired) electrons. The highest BCUT2D eigenvalue weighted by atomic mass is 32.1. The molecular weight excluding hydrogens is 454 g/mol. The molecule has 2 aromatic rings. The van der Waals surface area contributed by atoms with Gasteiger partial charge < -0.3 is 14.6 Å². The Morgan fingerprint density at radius 3 is 2.68 bits per heavy atom. The zero-order valence-electron chi connectivity index (χ0n) is 19.9. The van der Waals surface area contributed by atoms with Gasteiger partial charge in [-0.1, -0.05) is 39.2 Å². The van der Waals surface area contributed by atoms with E-state index in [4.69, 9.17) is 9.52 Å². The van der Waals surface area contributed by atoms with Gasteiger partial charge in [-0.25, -0.2) is 9.59 Å². The van der Waals surface area contributed by atoms with E-state index in [0.717, 1.165) is 17.7 Å². The second-order valence-electron chi connectivity index (χ2n) is 8.35. The number of aromatic hydroxyl groups is 1. The summed E-state index contributed by atoms with van der Waals surface area (Å²) in [4.78, 5) is 36.7. The van der Waals surface area contributed by atoms with Crippen LogP contribution in [0.5, 0.6) is 5.75 Å². The van der Waals surface area contributed by atoms with Crippen molar-refractivity contribution in [3.8, 4) is 5.75 Å². The number of nitrogens with one attached hydrogen (secondary N) is 1. The number of allylic oxidation sites excluding steroid dienone is 2. The number of hydrogen-bond donors (Lipinski definition) is 3. The number of carboxylic acid groups (broad SMARTS) is 1. The molecule has 8 heteroatoms. The molecule has 0 saturated carbocycles. The molecule has 0 aromatic carbocycles. The molecule has 184 valence electrons. The van der Waals surface area contributed by atoms with Gasteiger partial charge in [0.1, 0.15) is 17.1 Å². The average molecular weight is 488 g/mol. The lowest BCUT2D eigenvalue weighted by Gasteiger charge is -2.11. The van der Waals surface area contributed by atoms with E-state index in [2.05, 4.69) is 23.7 Å². The summed E-state index contributed by atoms with van der Waals surface area (Å²) >= 11 is 1.55. The first-order chi connectivity index (χ1) is 16.2. The zero-order chi connectivity index (χ0) is 25.1. The Morgan fingerprint density at radius 1 is 1.24 bits per heavy atom. The number of unbranched alkanes of at least 4 members (excludes halogenated alkanes) is 3. The van der Waals surface area contributed by atoms with Gasteiger partial charge in [-0.3, -0.25) is 10.1 Å². The van der Waals surface area contributed by atoms with Crippen LogP contribution >= 0.6 is 11.3 Å². The number of amides is 1. The Hall–Kier alpha value is -3.13. The number of carbonyl (C=O) groups excluding carboxylic acids is 1. The number of rotatable bonds is 13. The molecule has 0 aliphatic heterocycles. The Bertz CT molecular complexity index is 1090. The molecule has 2 rings (SSSR count). The maximum atomic E-state index is 12.9. The molecule has 3 N–H and O–H groups in total. The van der Waals surface area contributed by atoms with E-state index in [1.165, 1.54) is 37.1 Å². The van der Waals surface area contributed by atoms with Crippen LogP contribution in [0.15, 0.2) is 44.6 Å². The second kappa shape index (κ2) is 13.5.